The number of ether oxygens (including phenoxy) is 1. The molecule has 8 heteroatoms. The first-order valence-corrected chi connectivity index (χ1v) is 9.84. The van der Waals surface area contributed by atoms with E-state index >= 15 is 0 Å². The van der Waals surface area contributed by atoms with Crippen molar-refractivity contribution in [3.63, 3.8) is 0 Å². The standard InChI is InChI=1S/C18H20N4O2S2/c1-5-12-6-7-13(15(8-12)24-4)21-17-22-14(9-25-17)16-10(2)19-18(26-16)20-11(3)23/h6-9H,5H2,1-4H3,(H,21,22)(H,19,20,23). The number of aromatic nitrogens is 2. The van der Waals surface area contributed by atoms with Crippen LogP contribution in [0.2, 0.25) is 0 Å². The van der Waals surface area contributed by atoms with Crippen LogP contribution in [0, 0.1) is 6.92 Å². The molecule has 0 aliphatic carbocycles. The van der Waals surface area contributed by atoms with Crippen molar-refractivity contribution >= 4 is 44.5 Å². The van der Waals surface area contributed by atoms with E-state index in [2.05, 4.69) is 33.6 Å². The smallest absolute Gasteiger partial charge is 0.223 e. The largest absolute Gasteiger partial charge is 0.495 e. The van der Waals surface area contributed by atoms with Gasteiger partial charge in [-0.3, -0.25) is 4.79 Å². The van der Waals surface area contributed by atoms with Crippen LogP contribution in [0.3, 0.4) is 0 Å². The van der Waals surface area contributed by atoms with Crippen LogP contribution in [0.1, 0.15) is 25.1 Å². The second-order valence-electron chi connectivity index (χ2n) is 5.67. The summed E-state index contributed by atoms with van der Waals surface area (Å²) >= 11 is 2.94. The summed E-state index contributed by atoms with van der Waals surface area (Å²) in [4.78, 5) is 21.2. The molecule has 0 aliphatic rings. The lowest BCUT2D eigenvalue weighted by molar-refractivity contribution is -0.114. The summed E-state index contributed by atoms with van der Waals surface area (Å²) in [6.45, 7) is 5.50. The number of carbonyl (C=O) groups is 1. The minimum atomic E-state index is -0.131. The van der Waals surface area contributed by atoms with Gasteiger partial charge in [0.25, 0.3) is 0 Å². The van der Waals surface area contributed by atoms with Gasteiger partial charge in [-0.25, -0.2) is 9.97 Å². The van der Waals surface area contributed by atoms with E-state index in [0.717, 1.165) is 39.3 Å². The van der Waals surface area contributed by atoms with Crippen molar-refractivity contribution in [3.8, 4) is 16.3 Å². The van der Waals surface area contributed by atoms with Crippen LogP contribution in [0.4, 0.5) is 16.0 Å². The van der Waals surface area contributed by atoms with Gasteiger partial charge in [-0.1, -0.05) is 24.3 Å². The number of hydrogen-bond acceptors (Lipinski definition) is 7. The molecule has 2 heterocycles. The Hall–Kier alpha value is -2.45. The SMILES string of the molecule is CCc1ccc(Nc2nc(-c3sc(NC(C)=O)nc3C)cs2)c(OC)c1. The van der Waals surface area contributed by atoms with Gasteiger partial charge in [0.1, 0.15) is 5.75 Å². The molecule has 0 aliphatic heterocycles. The third-order valence-corrected chi connectivity index (χ3v) is 5.59. The Morgan fingerprint density at radius 1 is 1.27 bits per heavy atom. The summed E-state index contributed by atoms with van der Waals surface area (Å²) in [5.41, 5.74) is 3.79. The first kappa shape index (κ1) is 18.3. The second-order valence-corrected chi connectivity index (χ2v) is 7.52. The highest BCUT2D eigenvalue weighted by atomic mass is 32.1. The van der Waals surface area contributed by atoms with Crippen molar-refractivity contribution in [2.75, 3.05) is 17.7 Å². The average Bonchev–Trinajstić information content (AvgIpc) is 3.21. The van der Waals surface area contributed by atoms with Crippen LogP contribution >= 0.6 is 22.7 Å². The first-order valence-electron chi connectivity index (χ1n) is 8.15. The number of hydrogen-bond donors (Lipinski definition) is 2. The van der Waals surface area contributed by atoms with Crippen molar-refractivity contribution in [2.45, 2.75) is 27.2 Å². The van der Waals surface area contributed by atoms with E-state index < -0.39 is 0 Å². The highest BCUT2D eigenvalue weighted by molar-refractivity contribution is 7.20. The number of rotatable bonds is 6. The number of methoxy groups -OCH3 is 1. The van der Waals surface area contributed by atoms with Crippen molar-refractivity contribution in [3.05, 3.63) is 34.8 Å². The first-order chi connectivity index (χ1) is 12.5. The number of amides is 1. The maximum absolute atomic E-state index is 11.2. The molecule has 6 nitrogen and oxygen atoms in total. The highest BCUT2D eigenvalue weighted by Crippen LogP contribution is 2.36. The van der Waals surface area contributed by atoms with Crippen LogP contribution in [-0.2, 0) is 11.2 Å². The number of nitrogens with zero attached hydrogens (tertiary/aromatic N) is 2. The number of nitrogens with one attached hydrogen (secondary N) is 2. The van der Waals surface area contributed by atoms with Crippen LogP contribution < -0.4 is 15.4 Å². The zero-order chi connectivity index (χ0) is 18.7. The molecule has 0 bridgehead atoms. The van der Waals surface area contributed by atoms with Gasteiger partial charge in [-0.2, -0.15) is 0 Å². The molecule has 3 rings (SSSR count). The Labute approximate surface area is 160 Å². The molecule has 0 fully saturated rings. The van der Waals surface area contributed by atoms with Crippen molar-refractivity contribution < 1.29 is 9.53 Å². The van der Waals surface area contributed by atoms with Gasteiger partial charge in [0.05, 0.1) is 29.1 Å². The molecule has 1 aromatic carbocycles. The van der Waals surface area contributed by atoms with Gasteiger partial charge in [0.2, 0.25) is 5.91 Å². The highest BCUT2D eigenvalue weighted by Gasteiger charge is 2.14. The summed E-state index contributed by atoms with van der Waals surface area (Å²) in [5, 5.41) is 9.38. The van der Waals surface area contributed by atoms with Gasteiger partial charge >= 0.3 is 0 Å². The fraction of sp³-hybridized carbons (Fsp3) is 0.278. The molecule has 0 spiro atoms. The lowest BCUT2D eigenvalue weighted by Gasteiger charge is -2.10. The normalized spacial score (nSPS) is 10.6. The lowest BCUT2D eigenvalue weighted by Crippen LogP contribution is -2.04. The monoisotopic (exact) mass is 388 g/mol. The van der Waals surface area contributed by atoms with Crippen LogP contribution in [0.25, 0.3) is 10.6 Å². The van der Waals surface area contributed by atoms with Crippen molar-refractivity contribution in [2.24, 2.45) is 0 Å². The van der Waals surface area contributed by atoms with E-state index in [1.807, 2.05) is 24.4 Å². The van der Waals surface area contributed by atoms with Crippen molar-refractivity contribution in [1.29, 1.82) is 0 Å². The third-order valence-electron chi connectivity index (χ3n) is 3.73. The lowest BCUT2D eigenvalue weighted by atomic mass is 10.1. The molecule has 26 heavy (non-hydrogen) atoms. The van der Waals surface area contributed by atoms with Crippen molar-refractivity contribution in [1.82, 2.24) is 9.97 Å². The minimum absolute atomic E-state index is 0.131. The maximum Gasteiger partial charge on any atom is 0.223 e. The Morgan fingerprint density at radius 2 is 2.08 bits per heavy atom. The Bertz CT molecular complexity index is 933. The molecule has 0 radical (unpaired) electrons. The topological polar surface area (TPSA) is 76.1 Å². The number of thiazole rings is 2. The molecule has 2 aromatic heterocycles. The second kappa shape index (κ2) is 7.84. The molecule has 2 N–H and O–H groups in total. The summed E-state index contributed by atoms with van der Waals surface area (Å²) < 4.78 is 5.48. The molecular formula is C18H20N4O2S2. The molecule has 0 saturated carbocycles. The average molecular weight is 389 g/mol. The van der Waals surface area contributed by atoms with Gasteiger partial charge in [-0.15, -0.1) is 11.3 Å². The fourth-order valence-corrected chi connectivity index (χ4v) is 4.21. The summed E-state index contributed by atoms with van der Waals surface area (Å²) in [6, 6.07) is 6.11. The molecule has 0 saturated heterocycles. The number of aryl methyl sites for hydroxylation is 2. The van der Waals surface area contributed by atoms with Gasteiger partial charge in [-0.05, 0) is 31.0 Å². The molecule has 0 atom stereocenters. The van der Waals surface area contributed by atoms with Crippen LogP contribution in [-0.4, -0.2) is 23.0 Å². The molecule has 1 amide bonds. The molecule has 136 valence electrons. The zero-order valence-electron chi connectivity index (χ0n) is 15.0. The minimum Gasteiger partial charge on any atom is -0.495 e. The van der Waals surface area contributed by atoms with E-state index in [9.17, 15) is 4.79 Å². The Morgan fingerprint density at radius 3 is 2.77 bits per heavy atom. The number of benzene rings is 1. The maximum atomic E-state index is 11.2. The van der Waals surface area contributed by atoms with Gasteiger partial charge in [0.15, 0.2) is 10.3 Å². The van der Waals surface area contributed by atoms with E-state index in [0.29, 0.717) is 5.13 Å². The fourth-order valence-electron chi connectivity index (χ4n) is 2.45. The third kappa shape index (κ3) is 4.03. The van der Waals surface area contributed by atoms with E-state index in [4.69, 9.17) is 4.74 Å². The molecular weight excluding hydrogens is 368 g/mol. The van der Waals surface area contributed by atoms with E-state index in [-0.39, 0.29) is 5.91 Å². The number of anilines is 3. The Balaban J connectivity index is 1.83. The number of carbonyl (C=O) groups excluding carboxylic acids is 1. The predicted molar refractivity (Wildman–Crippen MR) is 108 cm³/mol. The summed E-state index contributed by atoms with van der Waals surface area (Å²) in [7, 11) is 1.66. The molecule has 3 aromatic rings. The van der Waals surface area contributed by atoms with E-state index in [1.54, 1.807) is 7.11 Å². The quantitative estimate of drug-likeness (QED) is 0.631. The summed E-state index contributed by atoms with van der Waals surface area (Å²) in [6.07, 6.45) is 0.958. The van der Waals surface area contributed by atoms with Crippen LogP contribution in [0.15, 0.2) is 23.6 Å². The Kier molecular flexibility index (Phi) is 5.53. The van der Waals surface area contributed by atoms with Crippen LogP contribution in [0.5, 0.6) is 5.75 Å². The zero-order valence-corrected chi connectivity index (χ0v) is 16.7. The van der Waals surface area contributed by atoms with E-state index in [1.165, 1.54) is 35.2 Å². The predicted octanol–water partition coefficient (Wildman–Crippen LogP) is 4.85. The molecule has 0 unspecified atom stereocenters. The summed E-state index contributed by atoms with van der Waals surface area (Å²) in [5.74, 6) is 0.663. The van der Waals surface area contributed by atoms with Gasteiger partial charge < -0.3 is 15.4 Å². The van der Waals surface area contributed by atoms with Gasteiger partial charge in [0, 0.05) is 12.3 Å².